The standard InChI is InChI=1S/C84H102/c1-9-17-25-33-41-63-55-77-73(45-37-29-21-13-5)81-59-69-51-49-67(53-71(69)61-83(81)75(47-39-31-23-15-7)79(77)57-65(63)43-35-27-19-11-3)68-50-52-70-60-82-74(46-38-30-22-14-6)78-56-64(42-34-26-18-10-2)66(44-36-28-20-12-4)58-80(78)76(48-40-32-24-16-8)84(82)62-72(70)54-68/h49-62H,9-36,41-44H2,1-8H3. The summed E-state index contributed by atoms with van der Waals surface area (Å²) in [4.78, 5) is 0. The average Bonchev–Trinajstić information content (AvgIpc) is 3.46. The van der Waals surface area contributed by atoms with Gasteiger partial charge in [0.05, 0.1) is 0 Å². The van der Waals surface area contributed by atoms with Gasteiger partial charge in [-0.05, 0) is 236 Å². The van der Waals surface area contributed by atoms with Crippen LogP contribution in [0.25, 0.3) is 75.8 Å². The van der Waals surface area contributed by atoms with Gasteiger partial charge in [-0.2, -0.15) is 0 Å². The van der Waals surface area contributed by atoms with Crippen LogP contribution in [-0.2, 0) is 25.7 Å². The summed E-state index contributed by atoms with van der Waals surface area (Å²) in [5, 5.41) is 15.0. The highest BCUT2D eigenvalue weighted by Crippen LogP contribution is 2.41. The Balaban J connectivity index is 1.34. The minimum atomic E-state index is 0.906. The summed E-state index contributed by atoms with van der Waals surface area (Å²) in [6.45, 7) is 18.4. The maximum atomic E-state index is 3.87. The monoisotopic (exact) mass is 1110 g/mol. The molecule has 0 fully saturated rings. The average molecular weight is 1110 g/mol. The third kappa shape index (κ3) is 16.5. The number of hydrogen-bond donors (Lipinski definition) is 0. The van der Waals surface area contributed by atoms with Crippen LogP contribution >= 0.6 is 0 Å². The first kappa shape index (κ1) is 63.6. The third-order valence-electron chi connectivity index (χ3n) is 17.8. The molecular formula is C84H102. The van der Waals surface area contributed by atoms with Gasteiger partial charge in [0.15, 0.2) is 0 Å². The molecule has 0 radical (unpaired) electrons. The van der Waals surface area contributed by atoms with Crippen LogP contribution < -0.4 is 0 Å². The van der Waals surface area contributed by atoms with Gasteiger partial charge in [0.1, 0.15) is 0 Å². The molecule has 0 nitrogen and oxygen atoms in total. The van der Waals surface area contributed by atoms with Crippen LogP contribution in [0.3, 0.4) is 0 Å². The zero-order valence-electron chi connectivity index (χ0n) is 53.7. The van der Waals surface area contributed by atoms with E-state index in [9.17, 15) is 0 Å². The largest absolute Gasteiger partial charge is 0.0978 e. The molecule has 0 N–H and O–H groups in total. The van der Waals surface area contributed by atoms with Gasteiger partial charge in [0.25, 0.3) is 0 Å². The first-order valence-corrected chi connectivity index (χ1v) is 34.3. The molecule has 0 heterocycles. The Morgan fingerprint density at radius 2 is 0.464 bits per heavy atom. The Hall–Kier alpha value is -6.44. The second-order valence-electron chi connectivity index (χ2n) is 24.6. The van der Waals surface area contributed by atoms with E-state index in [0.717, 1.165) is 103 Å². The molecule has 0 unspecified atom stereocenters. The molecule has 0 saturated heterocycles. The summed E-state index contributed by atoms with van der Waals surface area (Å²) in [6, 6.07) is 34.4. The summed E-state index contributed by atoms with van der Waals surface area (Å²) < 4.78 is 0. The fourth-order valence-electron chi connectivity index (χ4n) is 12.7. The molecule has 0 spiro atoms. The van der Waals surface area contributed by atoms with E-state index in [2.05, 4.69) is 188 Å². The number of unbranched alkanes of at least 4 members (excludes halogenated alkanes) is 20. The summed E-state index contributed by atoms with van der Waals surface area (Å²) in [5.74, 6) is 30.2. The zero-order valence-corrected chi connectivity index (χ0v) is 53.7. The van der Waals surface area contributed by atoms with Crippen LogP contribution in [0.1, 0.15) is 280 Å². The van der Waals surface area contributed by atoms with Crippen molar-refractivity contribution in [1.82, 2.24) is 0 Å². The predicted molar refractivity (Wildman–Crippen MR) is 374 cm³/mol. The molecule has 0 bridgehead atoms. The second kappa shape index (κ2) is 33.9. The minimum Gasteiger partial charge on any atom is -0.0978 e. The number of aryl methyl sites for hydroxylation is 4. The van der Waals surface area contributed by atoms with Crippen molar-refractivity contribution in [2.75, 3.05) is 0 Å². The molecule has 0 aliphatic rings. The van der Waals surface area contributed by atoms with Gasteiger partial charge in [0.2, 0.25) is 0 Å². The highest BCUT2D eigenvalue weighted by Gasteiger charge is 2.20. The first-order chi connectivity index (χ1) is 41.4. The van der Waals surface area contributed by atoms with Crippen molar-refractivity contribution in [2.45, 2.75) is 261 Å². The Kier molecular flexibility index (Phi) is 25.7. The molecule has 0 aliphatic heterocycles. The van der Waals surface area contributed by atoms with Crippen LogP contribution in [0.4, 0.5) is 0 Å². The van der Waals surface area contributed by atoms with E-state index in [0.29, 0.717) is 0 Å². The number of fused-ring (bicyclic) bond motifs is 6. The van der Waals surface area contributed by atoms with Gasteiger partial charge in [0, 0.05) is 47.9 Å². The first-order valence-electron chi connectivity index (χ1n) is 34.3. The van der Waals surface area contributed by atoms with Gasteiger partial charge in [-0.1, -0.05) is 230 Å². The predicted octanol–water partition coefficient (Wildman–Crippen LogP) is 24.9. The summed E-state index contributed by atoms with van der Waals surface area (Å²) in [5.41, 5.74) is 13.2. The van der Waals surface area contributed by atoms with E-state index in [-0.39, 0.29) is 0 Å². The molecule has 0 saturated carbocycles. The minimum absolute atomic E-state index is 0.906. The van der Waals surface area contributed by atoms with Gasteiger partial charge in [-0.3, -0.25) is 0 Å². The molecule has 84 heavy (non-hydrogen) atoms. The summed E-state index contributed by atoms with van der Waals surface area (Å²) in [7, 11) is 0. The van der Waals surface area contributed by atoms with Crippen LogP contribution in [0.2, 0.25) is 0 Å². The molecule has 0 amide bonds. The van der Waals surface area contributed by atoms with Crippen LogP contribution in [-0.4, -0.2) is 0 Å². The quantitative estimate of drug-likeness (QED) is 0.0249. The lowest BCUT2D eigenvalue weighted by Crippen LogP contribution is -2.00. The zero-order chi connectivity index (χ0) is 58.9. The molecule has 8 rings (SSSR count). The number of benzene rings is 8. The van der Waals surface area contributed by atoms with Crippen LogP contribution in [0, 0.1) is 47.4 Å². The topological polar surface area (TPSA) is 0 Å². The molecule has 0 heteroatoms. The van der Waals surface area contributed by atoms with Crippen LogP contribution in [0.5, 0.6) is 0 Å². The normalized spacial score (nSPS) is 11.3. The Morgan fingerprint density at radius 3 is 0.714 bits per heavy atom. The molecule has 0 aliphatic carbocycles. The van der Waals surface area contributed by atoms with Gasteiger partial charge in [-0.15, -0.1) is 0 Å². The van der Waals surface area contributed by atoms with E-state index in [1.54, 1.807) is 0 Å². The van der Waals surface area contributed by atoms with Crippen molar-refractivity contribution in [3.63, 3.8) is 0 Å². The van der Waals surface area contributed by atoms with E-state index in [1.165, 1.54) is 223 Å². The van der Waals surface area contributed by atoms with Crippen molar-refractivity contribution in [3.05, 3.63) is 129 Å². The molecule has 0 aromatic heterocycles. The van der Waals surface area contributed by atoms with Gasteiger partial charge < -0.3 is 0 Å². The fourth-order valence-corrected chi connectivity index (χ4v) is 12.7. The molecule has 438 valence electrons. The van der Waals surface area contributed by atoms with E-state index < -0.39 is 0 Å². The molecule has 0 atom stereocenters. The summed E-state index contributed by atoms with van der Waals surface area (Å²) >= 11 is 0. The third-order valence-corrected chi connectivity index (χ3v) is 17.8. The van der Waals surface area contributed by atoms with E-state index in [1.807, 2.05) is 0 Å². The molecule has 8 aromatic rings. The maximum absolute atomic E-state index is 3.87. The number of hydrogen-bond acceptors (Lipinski definition) is 0. The fraction of sp³-hybridized carbons (Fsp3) is 0.476. The highest BCUT2D eigenvalue weighted by atomic mass is 14.2. The van der Waals surface area contributed by atoms with Crippen molar-refractivity contribution < 1.29 is 0 Å². The number of rotatable bonds is 29. The lowest BCUT2D eigenvalue weighted by atomic mass is 9.85. The van der Waals surface area contributed by atoms with E-state index in [4.69, 9.17) is 0 Å². The molecule has 8 aromatic carbocycles. The van der Waals surface area contributed by atoms with Crippen molar-refractivity contribution in [3.8, 4) is 58.5 Å². The van der Waals surface area contributed by atoms with E-state index >= 15 is 0 Å². The lowest BCUT2D eigenvalue weighted by molar-refractivity contribution is 0.651. The van der Waals surface area contributed by atoms with Gasteiger partial charge >= 0.3 is 0 Å². The Morgan fingerprint density at radius 1 is 0.226 bits per heavy atom. The lowest BCUT2D eigenvalue weighted by Gasteiger charge is -2.18. The second-order valence-corrected chi connectivity index (χ2v) is 24.6. The highest BCUT2D eigenvalue weighted by molar-refractivity contribution is 6.16. The maximum Gasteiger partial charge on any atom is 0.0403 e. The Bertz CT molecular complexity index is 3500. The summed E-state index contributed by atoms with van der Waals surface area (Å²) in [6.07, 6.45) is 37.4. The van der Waals surface area contributed by atoms with Crippen LogP contribution in [0.15, 0.2) is 84.9 Å². The molecular weight excluding hydrogens is 1010 g/mol. The Labute approximate surface area is 510 Å². The van der Waals surface area contributed by atoms with Gasteiger partial charge in [-0.25, -0.2) is 0 Å². The smallest absolute Gasteiger partial charge is 0.0403 e. The van der Waals surface area contributed by atoms with Crippen molar-refractivity contribution in [2.24, 2.45) is 0 Å². The van der Waals surface area contributed by atoms with Crippen molar-refractivity contribution in [1.29, 1.82) is 0 Å². The SMILES string of the molecule is CCCCC#Cc1c2cc(CCCCCC)c(CCCCCC)cc2c(C#CCCCC)c2cc3cc(-c4ccc5cc6c(C#CCCCC)c7cc(CCCCCC)c(CCCCCC)cc7c(C#CCCCC)c6cc5c4)ccc3cc12. The van der Waals surface area contributed by atoms with Crippen molar-refractivity contribution >= 4 is 64.6 Å².